The maximum Gasteiger partial charge on any atom is 0.258 e. The smallest absolute Gasteiger partial charge is 0.258 e. The molecule has 1 atom stereocenters. The lowest BCUT2D eigenvalue weighted by atomic mass is 10.1. The molecule has 0 fully saturated rings. The number of nitrogens with zero attached hydrogens (tertiary/aromatic N) is 3. The van der Waals surface area contributed by atoms with E-state index in [1.165, 1.54) is 6.20 Å². The van der Waals surface area contributed by atoms with Gasteiger partial charge in [-0.05, 0) is 30.3 Å². The first-order valence-electron chi connectivity index (χ1n) is 7.07. The molecule has 2 heterocycles. The monoisotopic (exact) mass is 348 g/mol. The summed E-state index contributed by atoms with van der Waals surface area (Å²) in [6.07, 6.45) is 3.14. The number of nitrogens with one attached hydrogen (secondary N) is 1. The minimum Gasteiger partial charge on any atom is -0.308 e. The van der Waals surface area contributed by atoms with E-state index in [0.29, 0.717) is 28.0 Å². The van der Waals surface area contributed by atoms with Crippen molar-refractivity contribution in [2.24, 2.45) is 11.0 Å². The molecule has 0 aliphatic carbocycles. The fraction of sp³-hybridized carbons (Fsp3) is 0.188. The van der Waals surface area contributed by atoms with Gasteiger partial charge < -0.3 is 5.32 Å². The molecule has 0 radical (unpaired) electrons. The number of carbonyl (C=O) groups excluding carboxylic acids is 1. The second kappa shape index (κ2) is 6.56. The number of hydrogen-bond donors (Lipinski definition) is 1. The molecule has 1 N–H and O–H groups in total. The zero-order valence-corrected chi connectivity index (χ0v) is 13.8. The van der Waals surface area contributed by atoms with Crippen molar-refractivity contribution in [1.82, 2.24) is 10.3 Å². The van der Waals surface area contributed by atoms with E-state index in [4.69, 9.17) is 23.2 Å². The normalized spacial score (nSPS) is 17.1. The maximum atomic E-state index is 12.2. The van der Waals surface area contributed by atoms with Crippen molar-refractivity contribution >= 4 is 40.6 Å². The molecule has 1 unspecified atom stereocenters. The molecule has 23 heavy (non-hydrogen) atoms. The number of amidine groups is 1. The fourth-order valence-electron chi connectivity index (χ4n) is 2.26. The van der Waals surface area contributed by atoms with Gasteiger partial charge in [-0.3, -0.25) is 14.8 Å². The van der Waals surface area contributed by atoms with Gasteiger partial charge >= 0.3 is 0 Å². The zero-order valence-electron chi connectivity index (χ0n) is 12.3. The van der Waals surface area contributed by atoms with Gasteiger partial charge in [0.05, 0.1) is 27.8 Å². The number of pyridine rings is 1. The molecule has 0 saturated heterocycles. The average molecular weight is 349 g/mol. The third-order valence-electron chi connectivity index (χ3n) is 3.51. The summed E-state index contributed by atoms with van der Waals surface area (Å²) in [5.41, 5.74) is 1.33. The van der Waals surface area contributed by atoms with E-state index >= 15 is 0 Å². The van der Waals surface area contributed by atoms with E-state index in [1.54, 1.807) is 35.5 Å². The summed E-state index contributed by atoms with van der Waals surface area (Å²) in [6, 6.07) is 8.75. The van der Waals surface area contributed by atoms with Crippen molar-refractivity contribution < 1.29 is 4.79 Å². The third-order valence-corrected chi connectivity index (χ3v) is 4.25. The minimum absolute atomic E-state index is 0.0880. The van der Waals surface area contributed by atoms with E-state index in [2.05, 4.69) is 15.4 Å². The Morgan fingerprint density at radius 3 is 2.83 bits per heavy atom. The van der Waals surface area contributed by atoms with Gasteiger partial charge in [0.2, 0.25) is 0 Å². The number of aromatic nitrogens is 1. The van der Waals surface area contributed by atoms with Gasteiger partial charge in [0.25, 0.3) is 5.91 Å². The van der Waals surface area contributed by atoms with Crippen molar-refractivity contribution in [2.75, 3.05) is 11.6 Å². The van der Waals surface area contributed by atoms with Crippen molar-refractivity contribution in [2.45, 2.75) is 6.92 Å². The summed E-state index contributed by atoms with van der Waals surface area (Å²) in [7, 11) is 0. The van der Waals surface area contributed by atoms with Gasteiger partial charge in [0, 0.05) is 18.3 Å². The molecule has 1 aromatic heterocycles. The van der Waals surface area contributed by atoms with Crippen LogP contribution in [0.2, 0.25) is 10.0 Å². The summed E-state index contributed by atoms with van der Waals surface area (Å²) in [5, 5.41) is 10.1. The molecule has 1 amide bonds. The third kappa shape index (κ3) is 3.46. The Bertz CT molecular complexity index is 764. The number of carbonyl (C=O) groups is 1. The number of anilines is 1. The predicted molar refractivity (Wildman–Crippen MR) is 92.1 cm³/mol. The summed E-state index contributed by atoms with van der Waals surface area (Å²) in [4.78, 5) is 16.1. The summed E-state index contributed by atoms with van der Waals surface area (Å²) in [5.74, 6) is 0.481. The van der Waals surface area contributed by atoms with Gasteiger partial charge in [-0.1, -0.05) is 30.1 Å². The van der Waals surface area contributed by atoms with Gasteiger partial charge in [-0.25, -0.2) is 0 Å². The molecule has 3 rings (SSSR count). The van der Waals surface area contributed by atoms with Crippen LogP contribution in [0.3, 0.4) is 0 Å². The Kier molecular flexibility index (Phi) is 4.50. The largest absolute Gasteiger partial charge is 0.308 e. The highest BCUT2D eigenvalue weighted by Crippen LogP contribution is 2.29. The molecule has 0 bridgehead atoms. The van der Waals surface area contributed by atoms with E-state index in [9.17, 15) is 4.79 Å². The molecule has 2 aromatic rings. The van der Waals surface area contributed by atoms with E-state index < -0.39 is 0 Å². The maximum absolute atomic E-state index is 12.2. The zero-order chi connectivity index (χ0) is 16.4. The first-order chi connectivity index (χ1) is 11.0. The van der Waals surface area contributed by atoms with Crippen LogP contribution >= 0.6 is 23.2 Å². The number of rotatable bonds is 2. The first-order valence-corrected chi connectivity index (χ1v) is 7.82. The van der Waals surface area contributed by atoms with E-state index in [0.717, 1.165) is 5.69 Å². The lowest BCUT2D eigenvalue weighted by Crippen LogP contribution is -2.33. The van der Waals surface area contributed by atoms with Crippen molar-refractivity contribution in [3.8, 4) is 0 Å². The van der Waals surface area contributed by atoms with Crippen LogP contribution in [0.15, 0.2) is 47.8 Å². The number of hydrazone groups is 1. The summed E-state index contributed by atoms with van der Waals surface area (Å²) in [6.45, 7) is 2.65. The molecule has 118 valence electrons. The Morgan fingerprint density at radius 2 is 2.13 bits per heavy atom. The van der Waals surface area contributed by atoms with Crippen LogP contribution in [-0.2, 0) is 0 Å². The number of hydrogen-bond acceptors (Lipinski definition) is 4. The quantitative estimate of drug-likeness (QED) is 0.902. The summed E-state index contributed by atoms with van der Waals surface area (Å²) < 4.78 is 0. The molecule has 1 aliphatic heterocycles. The second-order valence-corrected chi connectivity index (χ2v) is 6.08. The summed E-state index contributed by atoms with van der Waals surface area (Å²) >= 11 is 12.0. The minimum atomic E-state index is -0.223. The van der Waals surface area contributed by atoms with Crippen LogP contribution in [0.25, 0.3) is 0 Å². The number of halogens is 2. The highest BCUT2D eigenvalue weighted by Gasteiger charge is 2.25. The van der Waals surface area contributed by atoms with Crippen LogP contribution < -0.4 is 10.3 Å². The SMILES string of the molecule is CC1CN(c2ccc(Cl)c(Cl)c2)N=C1NC(=O)c1cccnc1. The van der Waals surface area contributed by atoms with Crippen LogP contribution in [0.5, 0.6) is 0 Å². The highest BCUT2D eigenvalue weighted by molar-refractivity contribution is 6.42. The predicted octanol–water partition coefficient (Wildman–Crippen LogP) is 3.59. The Hall–Kier alpha value is -2.11. The highest BCUT2D eigenvalue weighted by atomic mass is 35.5. The van der Waals surface area contributed by atoms with E-state index in [-0.39, 0.29) is 11.8 Å². The Balaban J connectivity index is 1.77. The van der Waals surface area contributed by atoms with Crippen LogP contribution in [0.1, 0.15) is 17.3 Å². The number of benzene rings is 1. The van der Waals surface area contributed by atoms with Gasteiger partial charge in [-0.2, -0.15) is 5.10 Å². The van der Waals surface area contributed by atoms with Crippen LogP contribution in [0, 0.1) is 5.92 Å². The Morgan fingerprint density at radius 1 is 1.30 bits per heavy atom. The first kappa shape index (κ1) is 15.8. The molecule has 0 saturated carbocycles. The average Bonchev–Trinajstić information content (AvgIpc) is 2.92. The molecule has 1 aliphatic rings. The molecule has 5 nitrogen and oxygen atoms in total. The van der Waals surface area contributed by atoms with E-state index in [1.807, 2.05) is 13.0 Å². The molecular weight excluding hydrogens is 335 g/mol. The molecular formula is C16H14Cl2N4O. The van der Waals surface area contributed by atoms with Gasteiger partial charge in [0.15, 0.2) is 0 Å². The van der Waals surface area contributed by atoms with Gasteiger partial charge in [0.1, 0.15) is 5.84 Å². The standard InChI is InChI=1S/C16H14Cl2N4O/c1-10-9-22(12-4-5-13(17)14(18)7-12)21-15(10)20-16(23)11-3-2-6-19-8-11/h2-8,10H,9H2,1H3,(H,20,21,23). The van der Waals surface area contributed by atoms with Crippen LogP contribution in [-0.4, -0.2) is 23.3 Å². The molecule has 1 aromatic carbocycles. The van der Waals surface area contributed by atoms with Crippen molar-refractivity contribution in [3.05, 3.63) is 58.3 Å². The molecule has 0 spiro atoms. The Labute approximate surface area is 143 Å². The topological polar surface area (TPSA) is 57.6 Å². The van der Waals surface area contributed by atoms with Gasteiger partial charge in [-0.15, -0.1) is 0 Å². The molecule has 7 heteroatoms. The lowest BCUT2D eigenvalue weighted by molar-refractivity contribution is 0.0975. The number of amides is 1. The van der Waals surface area contributed by atoms with Crippen molar-refractivity contribution in [1.29, 1.82) is 0 Å². The lowest BCUT2D eigenvalue weighted by Gasteiger charge is -2.14. The second-order valence-electron chi connectivity index (χ2n) is 5.26. The fourth-order valence-corrected chi connectivity index (χ4v) is 2.55. The van der Waals surface area contributed by atoms with Crippen LogP contribution in [0.4, 0.5) is 5.69 Å². The van der Waals surface area contributed by atoms with Crippen molar-refractivity contribution in [3.63, 3.8) is 0 Å².